The van der Waals surface area contributed by atoms with Crippen LogP contribution in [-0.4, -0.2) is 83.4 Å². The highest BCUT2D eigenvalue weighted by molar-refractivity contribution is 5.96. The summed E-state index contributed by atoms with van der Waals surface area (Å²) in [7, 11) is 0. The summed E-state index contributed by atoms with van der Waals surface area (Å²) in [6.07, 6.45) is 3.33. The Morgan fingerprint density at radius 3 is 2.41 bits per heavy atom. The number of primary amides is 1. The number of rotatable bonds is 12. The van der Waals surface area contributed by atoms with Gasteiger partial charge in [-0.25, -0.2) is 4.79 Å². The number of carbonyl (C=O) groups is 5. The third kappa shape index (κ3) is 7.16. The van der Waals surface area contributed by atoms with Crippen molar-refractivity contribution >= 4 is 29.6 Å². The minimum Gasteiger partial charge on any atom is -0.480 e. The maximum absolute atomic E-state index is 13.1. The first-order chi connectivity index (χ1) is 15.2. The number of nitrogens with two attached hydrogens (primary N) is 2. The summed E-state index contributed by atoms with van der Waals surface area (Å²) in [5.41, 5.74) is 10.8. The third-order valence-corrected chi connectivity index (χ3v) is 5.80. The Morgan fingerprint density at radius 1 is 1.06 bits per heavy atom. The zero-order valence-electron chi connectivity index (χ0n) is 18.2. The van der Waals surface area contributed by atoms with E-state index < -0.39 is 60.2 Å². The molecule has 8 N–H and O–H groups in total. The molecule has 0 aliphatic carbocycles. The Kier molecular flexibility index (Phi) is 9.85. The second kappa shape index (κ2) is 12.3. The Labute approximate surface area is 186 Å². The first kappa shape index (κ1) is 25.5. The van der Waals surface area contributed by atoms with Gasteiger partial charge in [0.15, 0.2) is 0 Å². The van der Waals surface area contributed by atoms with Crippen LogP contribution < -0.4 is 27.4 Å². The molecule has 0 spiro atoms. The van der Waals surface area contributed by atoms with E-state index in [-0.39, 0.29) is 13.0 Å². The quantitative estimate of drug-likeness (QED) is 0.178. The van der Waals surface area contributed by atoms with Gasteiger partial charge in [-0.15, -0.1) is 0 Å². The van der Waals surface area contributed by atoms with Crippen LogP contribution in [0.4, 0.5) is 0 Å². The highest BCUT2D eigenvalue weighted by Crippen LogP contribution is 2.20. The largest absolute Gasteiger partial charge is 0.480 e. The number of aliphatic carboxylic acids is 1. The van der Waals surface area contributed by atoms with Gasteiger partial charge in [0.05, 0.1) is 12.5 Å². The number of amides is 4. The number of hydrogen-bond donors (Lipinski definition) is 6. The molecule has 32 heavy (non-hydrogen) atoms. The number of nitrogens with zero attached hydrogens (tertiary/aromatic N) is 1. The van der Waals surface area contributed by atoms with Crippen LogP contribution in [-0.2, 0) is 24.0 Å². The number of carboxylic acids is 1. The van der Waals surface area contributed by atoms with E-state index in [1.807, 2.05) is 0 Å². The van der Waals surface area contributed by atoms with E-state index in [0.29, 0.717) is 45.2 Å². The van der Waals surface area contributed by atoms with Crippen molar-refractivity contribution in [1.29, 1.82) is 0 Å². The van der Waals surface area contributed by atoms with Crippen molar-refractivity contribution in [1.82, 2.24) is 20.9 Å². The fourth-order valence-electron chi connectivity index (χ4n) is 4.10. The summed E-state index contributed by atoms with van der Waals surface area (Å²) in [5.74, 6) is -3.50. The fraction of sp³-hybridized carbons (Fsp3) is 0.750. The van der Waals surface area contributed by atoms with Crippen LogP contribution in [0.15, 0.2) is 0 Å². The number of hydrogen-bond acceptors (Lipinski definition) is 7. The standard InChI is InChI=1S/C20H34N6O6/c21-8-2-1-5-13(19(30)26-10-4-7-15(26)20(31)32)24-18(29)14(11-16(22)27)25-17(28)12-6-3-9-23-12/h12-15,23H,1-11,21H2,(H2,22,27)(H,24,29)(H,25,28)(H,31,32). The predicted octanol–water partition coefficient (Wildman–Crippen LogP) is -2.21. The summed E-state index contributed by atoms with van der Waals surface area (Å²) in [6, 6.07) is -3.63. The van der Waals surface area contributed by atoms with Gasteiger partial charge in [0.2, 0.25) is 23.6 Å². The van der Waals surface area contributed by atoms with Crippen LogP contribution >= 0.6 is 0 Å². The van der Waals surface area contributed by atoms with Gasteiger partial charge in [-0.2, -0.15) is 0 Å². The number of nitrogens with one attached hydrogen (secondary N) is 3. The van der Waals surface area contributed by atoms with Crippen molar-refractivity contribution < 1.29 is 29.1 Å². The zero-order valence-corrected chi connectivity index (χ0v) is 18.2. The Balaban J connectivity index is 2.11. The molecule has 12 nitrogen and oxygen atoms in total. The molecule has 0 aromatic rings. The van der Waals surface area contributed by atoms with Crippen molar-refractivity contribution in [3.63, 3.8) is 0 Å². The van der Waals surface area contributed by atoms with E-state index in [1.165, 1.54) is 4.90 Å². The van der Waals surface area contributed by atoms with Gasteiger partial charge in [0.1, 0.15) is 18.1 Å². The van der Waals surface area contributed by atoms with Crippen LogP contribution in [0.25, 0.3) is 0 Å². The maximum Gasteiger partial charge on any atom is 0.326 e. The lowest BCUT2D eigenvalue weighted by molar-refractivity contribution is -0.149. The van der Waals surface area contributed by atoms with Gasteiger partial charge in [-0.1, -0.05) is 0 Å². The van der Waals surface area contributed by atoms with Crippen molar-refractivity contribution in [3.8, 4) is 0 Å². The molecule has 2 saturated heterocycles. The molecule has 0 bridgehead atoms. The van der Waals surface area contributed by atoms with Gasteiger partial charge < -0.3 is 37.4 Å². The lowest BCUT2D eigenvalue weighted by atomic mass is 10.1. The Bertz CT molecular complexity index is 711. The van der Waals surface area contributed by atoms with Crippen molar-refractivity contribution in [2.45, 2.75) is 75.5 Å². The molecular weight excluding hydrogens is 420 g/mol. The molecule has 4 atom stereocenters. The van der Waals surface area contributed by atoms with Gasteiger partial charge in [0.25, 0.3) is 0 Å². The SMILES string of the molecule is NCCCCC(NC(=O)C(CC(N)=O)NC(=O)C1CCCN1)C(=O)N1CCCC1C(=O)O. The summed E-state index contributed by atoms with van der Waals surface area (Å²) in [4.78, 5) is 62.7. The van der Waals surface area contributed by atoms with Crippen LogP contribution in [0.1, 0.15) is 51.4 Å². The van der Waals surface area contributed by atoms with E-state index in [4.69, 9.17) is 11.5 Å². The van der Waals surface area contributed by atoms with Gasteiger partial charge in [-0.3, -0.25) is 19.2 Å². The van der Waals surface area contributed by atoms with E-state index in [9.17, 15) is 29.1 Å². The average Bonchev–Trinajstić information content (AvgIpc) is 3.43. The van der Waals surface area contributed by atoms with E-state index in [0.717, 1.165) is 6.42 Å². The molecule has 4 amide bonds. The molecule has 2 rings (SSSR count). The Morgan fingerprint density at radius 2 is 1.81 bits per heavy atom. The van der Waals surface area contributed by atoms with E-state index >= 15 is 0 Å². The minimum atomic E-state index is -1.24. The highest BCUT2D eigenvalue weighted by atomic mass is 16.4. The van der Waals surface area contributed by atoms with E-state index in [2.05, 4.69) is 16.0 Å². The van der Waals surface area contributed by atoms with Crippen molar-refractivity contribution in [2.24, 2.45) is 11.5 Å². The smallest absolute Gasteiger partial charge is 0.326 e. The molecule has 2 fully saturated rings. The summed E-state index contributed by atoms with van der Waals surface area (Å²) in [5, 5.41) is 17.6. The fourth-order valence-corrected chi connectivity index (χ4v) is 4.10. The molecule has 0 aromatic carbocycles. The molecule has 0 saturated carbocycles. The number of carboxylic acid groups (broad SMARTS) is 1. The highest BCUT2D eigenvalue weighted by Gasteiger charge is 2.38. The van der Waals surface area contributed by atoms with Crippen LogP contribution in [0.3, 0.4) is 0 Å². The van der Waals surface area contributed by atoms with Crippen LogP contribution in [0.2, 0.25) is 0 Å². The third-order valence-electron chi connectivity index (χ3n) is 5.80. The van der Waals surface area contributed by atoms with Crippen LogP contribution in [0, 0.1) is 0 Å². The predicted molar refractivity (Wildman–Crippen MR) is 114 cm³/mol. The number of likely N-dealkylation sites (tertiary alicyclic amines) is 1. The normalized spacial score (nSPS) is 22.2. The summed E-state index contributed by atoms with van der Waals surface area (Å²) < 4.78 is 0. The second-order valence-electron chi connectivity index (χ2n) is 8.25. The molecule has 4 unspecified atom stereocenters. The topological polar surface area (TPSA) is 197 Å². The lowest BCUT2D eigenvalue weighted by Crippen LogP contribution is -2.57. The lowest BCUT2D eigenvalue weighted by Gasteiger charge is -2.29. The molecular formula is C20H34N6O6. The molecule has 2 heterocycles. The molecule has 0 radical (unpaired) electrons. The number of unbranched alkanes of at least 4 members (excludes halogenated alkanes) is 1. The minimum absolute atomic E-state index is 0.256. The monoisotopic (exact) mass is 454 g/mol. The van der Waals surface area contributed by atoms with Gasteiger partial charge in [-0.05, 0) is 58.0 Å². The Hall–Kier alpha value is -2.73. The first-order valence-electron chi connectivity index (χ1n) is 11.1. The molecule has 180 valence electrons. The summed E-state index contributed by atoms with van der Waals surface area (Å²) in [6.45, 7) is 1.38. The molecule has 0 aromatic heterocycles. The van der Waals surface area contributed by atoms with Crippen molar-refractivity contribution in [2.75, 3.05) is 19.6 Å². The molecule has 2 aliphatic rings. The van der Waals surface area contributed by atoms with Gasteiger partial charge in [0, 0.05) is 6.54 Å². The number of carbonyl (C=O) groups excluding carboxylic acids is 4. The summed E-state index contributed by atoms with van der Waals surface area (Å²) >= 11 is 0. The van der Waals surface area contributed by atoms with Gasteiger partial charge >= 0.3 is 5.97 Å². The van der Waals surface area contributed by atoms with Crippen molar-refractivity contribution in [3.05, 3.63) is 0 Å². The second-order valence-corrected chi connectivity index (χ2v) is 8.25. The van der Waals surface area contributed by atoms with Crippen LogP contribution in [0.5, 0.6) is 0 Å². The zero-order chi connectivity index (χ0) is 23.7. The van der Waals surface area contributed by atoms with E-state index in [1.54, 1.807) is 0 Å². The molecule has 12 heteroatoms. The molecule has 2 aliphatic heterocycles. The maximum atomic E-state index is 13.1. The average molecular weight is 455 g/mol. The first-order valence-corrected chi connectivity index (χ1v) is 11.1.